The van der Waals surface area contributed by atoms with Crippen LogP contribution < -0.4 is 14.8 Å². The van der Waals surface area contributed by atoms with Gasteiger partial charge >= 0.3 is 0 Å². The summed E-state index contributed by atoms with van der Waals surface area (Å²) in [7, 11) is 4.71. The van der Waals surface area contributed by atoms with Gasteiger partial charge < -0.3 is 19.7 Å². The molecule has 0 saturated carbocycles. The highest BCUT2D eigenvalue weighted by atomic mass is 16.5. The van der Waals surface area contributed by atoms with Crippen molar-refractivity contribution in [3.8, 4) is 11.5 Å². The van der Waals surface area contributed by atoms with E-state index in [4.69, 9.17) is 9.47 Å². The Bertz CT molecular complexity index is 890. The van der Waals surface area contributed by atoms with Gasteiger partial charge in [-0.15, -0.1) is 0 Å². The number of likely N-dealkylation sites (N-methyl/N-ethyl adjacent to an activating group) is 1. The molecule has 0 aliphatic heterocycles. The van der Waals surface area contributed by atoms with Crippen molar-refractivity contribution in [2.75, 3.05) is 33.1 Å². The van der Waals surface area contributed by atoms with Crippen molar-refractivity contribution in [1.82, 2.24) is 4.90 Å². The van der Waals surface area contributed by atoms with Crippen molar-refractivity contribution in [3.63, 3.8) is 0 Å². The average Bonchev–Trinajstić information content (AvgIpc) is 2.69. The maximum absolute atomic E-state index is 12.4. The van der Waals surface area contributed by atoms with E-state index in [2.05, 4.69) is 5.32 Å². The highest BCUT2D eigenvalue weighted by Crippen LogP contribution is 2.25. The summed E-state index contributed by atoms with van der Waals surface area (Å²) >= 11 is 0. The highest BCUT2D eigenvalue weighted by molar-refractivity contribution is 5.98. The van der Waals surface area contributed by atoms with Gasteiger partial charge in [-0.25, -0.2) is 0 Å². The normalized spacial score (nSPS) is 10.6. The fourth-order valence-corrected chi connectivity index (χ4v) is 2.63. The number of carbonyl (C=O) groups excluding carboxylic acids is 2. The highest BCUT2D eigenvalue weighted by Gasteiger charge is 2.12. The summed E-state index contributed by atoms with van der Waals surface area (Å²) in [6, 6.07) is 11.0. The predicted molar refractivity (Wildman–Crippen MR) is 111 cm³/mol. The molecule has 0 saturated heterocycles. The van der Waals surface area contributed by atoms with Crippen molar-refractivity contribution in [1.29, 1.82) is 0 Å². The summed E-state index contributed by atoms with van der Waals surface area (Å²) in [4.78, 5) is 26.0. The van der Waals surface area contributed by atoms with Crippen LogP contribution in [0.5, 0.6) is 11.5 Å². The summed E-state index contributed by atoms with van der Waals surface area (Å²) < 4.78 is 10.5. The fraction of sp³-hybridized carbons (Fsp3) is 0.273. The Morgan fingerprint density at radius 2 is 1.86 bits per heavy atom. The SMILES string of the molecule is COc1ccc(OC)c(/C=C/C(=O)N(C)CC(=O)Nc2cccc(C)c2C)c1. The second-order valence-electron chi connectivity index (χ2n) is 6.43. The number of ether oxygens (including phenoxy) is 2. The van der Waals surface area contributed by atoms with Crippen molar-refractivity contribution >= 4 is 23.6 Å². The van der Waals surface area contributed by atoms with E-state index in [0.717, 1.165) is 16.8 Å². The molecule has 0 aromatic heterocycles. The van der Waals surface area contributed by atoms with E-state index >= 15 is 0 Å². The summed E-state index contributed by atoms with van der Waals surface area (Å²) in [6.45, 7) is 3.88. The Balaban J connectivity index is 2.01. The number of nitrogens with zero attached hydrogens (tertiary/aromatic N) is 1. The van der Waals surface area contributed by atoms with Crippen molar-refractivity contribution in [2.24, 2.45) is 0 Å². The van der Waals surface area contributed by atoms with Gasteiger partial charge in [0.25, 0.3) is 0 Å². The third-order valence-corrected chi connectivity index (χ3v) is 4.48. The largest absolute Gasteiger partial charge is 0.497 e. The topological polar surface area (TPSA) is 67.9 Å². The number of hydrogen-bond acceptors (Lipinski definition) is 4. The molecule has 0 radical (unpaired) electrons. The summed E-state index contributed by atoms with van der Waals surface area (Å²) in [5.74, 6) is 0.743. The molecule has 1 N–H and O–H groups in total. The van der Waals surface area contributed by atoms with Crippen LogP contribution in [0.1, 0.15) is 16.7 Å². The molecule has 2 amide bonds. The van der Waals surface area contributed by atoms with Crippen LogP contribution in [0.3, 0.4) is 0 Å². The molecule has 0 aliphatic carbocycles. The third kappa shape index (κ3) is 5.36. The van der Waals surface area contributed by atoms with Gasteiger partial charge in [0.2, 0.25) is 11.8 Å². The van der Waals surface area contributed by atoms with Gasteiger partial charge in [-0.3, -0.25) is 9.59 Å². The summed E-state index contributed by atoms with van der Waals surface area (Å²) in [6.07, 6.45) is 3.05. The molecular formula is C22H26N2O4. The van der Waals surface area contributed by atoms with Crippen LogP contribution >= 0.6 is 0 Å². The first-order valence-electron chi connectivity index (χ1n) is 8.87. The summed E-state index contributed by atoms with van der Waals surface area (Å²) in [5, 5.41) is 2.85. The zero-order chi connectivity index (χ0) is 20.7. The van der Waals surface area contributed by atoms with Gasteiger partial charge in [-0.2, -0.15) is 0 Å². The molecule has 0 spiro atoms. The van der Waals surface area contributed by atoms with Crippen LogP contribution in [0.4, 0.5) is 5.69 Å². The first-order valence-corrected chi connectivity index (χ1v) is 8.87. The third-order valence-electron chi connectivity index (χ3n) is 4.48. The molecule has 2 aromatic carbocycles. The van der Waals surface area contributed by atoms with E-state index in [1.807, 2.05) is 32.0 Å². The number of rotatable bonds is 7. The number of amides is 2. The Hall–Kier alpha value is -3.28. The van der Waals surface area contributed by atoms with Crippen LogP contribution in [0.2, 0.25) is 0 Å². The zero-order valence-electron chi connectivity index (χ0n) is 16.9. The number of benzene rings is 2. The molecule has 28 heavy (non-hydrogen) atoms. The molecule has 2 aromatic rings. The molecule has 0 bridgehead atoms. The van der Waals surface area contributed by atoms with Gasteiger partial charge in [0, 0.05) is 24.4 Å². The molecule has 0 aliphatic rings. The quantitative estimate of drug-likeness (QED) is 0.745. The monoisotopic (exact) mass is 382 g/mol. The van der Waals surface area contributed by atoms with Crippen LogP contribution in [0, 0.1) is 13.8 Å². The molecule has 0 unspecified atom stereocenters. The average molecular weight is 382 g/mol. The Kier molecular flexibility index (Phi) is 7.21. The van der Waals surface area contributed by atoms with E-state index in [9.17, 15) is 9.59 Å². The Labute approximate surface area is 165 Å². The van der Waals surface area contributed by atoms with E-state index in [-0.39, 0.29) is 18.4 Å². The van der Waals surface area contributed by atoms with Gasteiger partial charge in [-0.1, -0.05) is 12.1 Å². The van der Waals surface area contributed by atoms with Crippen molar-refractivity contribution < 1.29 is 19.1 Å². The van der Waals surface area contributed by atoms with E-state index < -0.39 is 0 Å². The number of anilines is 1. The number of hydrogen-bond donors (Lipinski definition) is 1. The predicted octanol–water partition coefficient (Wildman–Crippen LogP) is 3.43. The smallest absolute Gasteiger partial charge is 0.246 e. The number of methoxy groups -OCH3 is 2. The van der Waals surface area contributed by atoms with Gasteiger partial charge in [0.1, 0.15) is 11.5 Å². The number of carbonyl (C=O) groups is 2. The molecular weight excluding hydrogens is 356 g/mol. The fourth-order valence-electron chi connectivity index (χ4n) is 2.63. The van der Waals surface area contributed by atoms with Crippen molar-refractivity contribution in [3.05, 3.63) is 59.2 Å². The minimum Gasteiger partial charge on any atom is -0.497 e. The molecule has 148 valence electrons. The van der Waals surface area contributed by atoms with Gasteiger partial charge in [0.05, 0.1) is 20.8 Å². The minimum absolute atomic E-state index is 0.0498. The molecule has 0 fully saturated rings. The maximum atomic E-state index is 12.4. The van der Waals surface area contributed by atoms with E-state index in [1.165, 1.54) is 11.0 Å². The molecule has 6 nitrogen and oxygen atoms in total. The lowest BCUT2D eigenvalue weighted by molar-refractivity contribution is -0.129. The van der Waals surface area contributed by atoms with Crippen LogP contribution in [-0.2, 0) is 9.59 Å². The lowest BCUT2D eigenvalue weighted by Gasteiger charge is -2.16. The van der Waals surface area contributed by atoms with Gasteiger partial charge in [-0.05, 0) is 55.3 Å². The maximum Gasteiger partial charge on any atom is 0.246 e. The van der Waals surface area contributed by atoms with E-state index in [0.29, 0.717) is 17.1 Å². The second kappa shape index (κ2) is 9.60. The lowest BCUT2D eigenvalue weighted by atomic mass is 10.1. The summed E-state index contributed by atoms with van der Waals surface area (Å²) in [5.41, 5.74) is 3.57. The van der Waals surface area contributed by atoms with Crippen LogP contribution in [-0.4, -0.2) is 44.5 Å². The number of nitrogens with one attached hydrogen (secondary N) is 1. The Morgan fingerprint density at radius 3 is 2.54 bits per heavy atom. The minimum atomic E-state index is -0.291. The molecule has 2 rings (SSSR count). The zero-order valence-corrected chi connectivity index (χ0v) is 16.9. The molecule has 0 atom stereocenters. The lowest BCUT2D eigenvalue weighted by Crippen LogP contribution is -2.34. The van der Waals surface area contributed by atoms with Crippen LogP contribution in [0.15, 0.2) is 42.5 Å². The Morgan fingerprint density at radius 1 is 1.11 bits per heavy atom. The van der Waals surface area contributed by atoms with E-state index in [1.54, 1.807) is 45.5 Å². The van der Waals surface area contributed by atoms with Crippen molar-refractivity contribution in [2.45, 2.75) is 13.8 Å². The first-order chi connectivity index (χ1) is 13.3. The standard InChI is InChI=1S/C22H26N2O4/c1-15-7-6-8-19(16(15)2)23-21(25)14-24(3)22(26)12-9-17-13-18(27-4)10-11-20(17)28-5/h6-13H,14H2,1-5H3,(H,23,25)/b12-9+. The molecule has 6 heteroatoms. The van der Waals surface area contributed by atoms with Gasteiger partial charge in [0.15, 0.2) is 0 Å². The first kappa shape index (κ1) is 21.0. The number of aryl methyl sites for hydroxylation is 1. The molecule has 0 heterocycles. The van der Waals surface area contributed by atoms with Crippen LogP contribution in [0.25, 0.3) is 6.08 Å². The second-order valence-corrected chi connectivity index (χ2v) is 6.43.